The van der Waals surface area contributed by atoms with Crippen molar-refractivity contribution in [3.63, 3.8) is 0 Å². The van der Waals surface area contributed by atoms with Gasteiger partial charge < -0.3 is 0 Å². The molecule has 0 amide bonds. The first kappa shape index (κ1) is 20.1. The summed E-state index contributed by atoms with van der Waals surface area (Å²) in [6, 6.07) is 24.9. The highest BCUT2D eigenvalue weighted by Crippen LogP contribution is 2.43. The van der Waals surface area contributed by atoms with E-state index in [1.165, 1.54) is 23.3 Å². The molecule has 0 spiro atoms. The molecule has 3 aliphatic rings. The van der Waals surface area contributed by atoms with E-state index < -0.39 is 11.6 Å². The van der Waals surface area contributed by atoms with Crippen molar-refractivity contribution >= 4 is 6.21 Å². The van der Waals surface area contributed by atoms with Gasteiger partial charge in [0.1, 0.15) is 11.6 Å². The van der Waals surface area contributed by atoms with E-state index in [9.17, 15) is 8.78 Å². The number of rotatable bonds is 5. The van der Waals surface area contributed by atoms with Crippen LogP contribution in [0.15, 0.2) is 83.9 Å². The molecule has 3 heterocycles. The molecule has 2 bridgehead atoms. The van der Waals surface area contributed by atoms with Gasteiger partial charge in [-0.15, -0.1) is 0 Å². The molecular formula is C27H26F2N2. The molecule has 31 heavy (non-hydrogen) atoms. The standard InChI is InChI=1S/C27H26F2N2/c28-23-11-12-24(29)22(17-23)18-30-26-21-13-15-31(16-14-21)27(26)25(19-7-3-1-4-8-19)20-9-5-2-6-10-20/h1-12,17-18,21,25-27H,13-16H2/b30-18-. The lowest BCUT2D eigenvalue weighted by molar-refractivity contribution is 0.0215. The average molecular weight is 417 g/mol. The van der Waals surface area contributed by atoms with Gasteiger partial charge in [-0.2, -0.15) is 0 Å². The van der Waals surface area contributed by atoms with Gasteiger partial charge in [0.2, 0.25) is 0 Å². The van der Waals surface area contributed by atoms with Crippen molar-refractivity contribution in [2.45, 2.75) is 30.8 Å². The van der Waals surface area contributed by atoms with Gasteiger partial charge in [0.25, 0.3) is 0 Å². The SMILES string of the molecule is Fc1ccc(F)c(/C=N\C2C3CCN(CC3)C2C(c2ccccc2)c2ccccc2)c1. The summed E-state index contributed by atoms with van der Waals surface area (Å²) in [6.45, 7) is 2.12. The van der Waals surface area contributed by atoms with Crippen LogP contribution in [0, 0.1) is 17.6 Å². The number of halogens is 2. The summed E-state index contributed by atoms with van der Waals surface area (Å²) in [7, 11) is 0. The summed E-state index contributed by atoms with van der Waals surface area (Å²) in [4.78, 5) is 7.47. The van der Waals surface area contributed by atoms with Crippen LogP contribution in [0.2, 0.25) is 0 Å². The number of benzene rings is 3. The summed E-state index contributed by atoms with van der Waals surface area (Å²) in [5.74, 6) is -0.256. The molecule has 0 aromatic heterocycles. The van der Waals surface area contributed by atoms with E-state index in [1.54, 1.807) is 6.21 Å². The molecule has 0 N–H and O–H groups in total. The molecule has 6 rings (SSSR count). The normalized spacial score (nSPS) is 25.4. The zero-order chi connectivity index (χ0) is 21.2. The smallest absolute Gasteiger partial charge is 0.132 e. The Morgan fingerprint density at radius 1 is 0.839 bits per heavy atom. The second kappa shape index (κ2) is 8.72. The summed E-state index contributed by atoms with van der Waals surface area (Å²) in [6.07, 6.45) is 3.74. The Hall–Kier alpha value is -2.85. The minimum atomic E-state index is -0.445. The Kier molecular flexibility index (Phi) is 5.65. The van der Waals surface area contributed by atoms with Crippen LogP contribution in [-0.4, -0.2) is 36.3 Å². The predicted octanol–water partition coefficient (Wildman–Crippen LogP) is 5.68. The Bertz CT molecular complexity index is 1000. The van der Waals surface area contributed by atoms with Gasteiger partial charge >= 0.3 is 0 Å². The van der Waals surface area contributed by atoms with Crippen molar-refractivity contribution in [1.82, 2.24) is 4.90 Å². The van der Waals surface area contributed by atoms with Crippen LogP contribution in [0.5, 0.6) is 0 Å². The second-order valence-corrected chi connectivity index (χ2v) is 8.60. The lowest BCUT2D eigenvalue weighted by atomic mass is 9.71. The first-order valence-corrected chi connectivity index (χ1v) is 11.0. The number of aliphatic imine (C=N–C) groups is 1. The summed E-state index contributed by atoms with van der Waals surface area (Å²) >= 11 is 0. The summed E-state index contributed by atoms with van der Waals surface area (Å²) in [5.41, 5.74) is 2.75. The van der Waals surface area contributed by atoms with Gasteiger partial charge in [-0.25, -0.2) is 8.78 Å². The number of hydrogen-bond acceptors (Lipinski definition) is 2. The van der Waals surface area contributed by atoms with Gasteiger partial charge in [0.15, 0.2) is 0 Å². The van der Waals surface area contributed by atoms with Crippen LogP contribution in [0.25, 0.3) is 0 Å². The molecule has 2 nitrogen and oxygen atoms in total. The molecule has 158 valence electrons. The maximum Gasteiger partial charge on any atom is 0.132 e. The van der Waals surface area contributed by atoms with Gasteiger partial charge in [0, 0.05) is 23.7 Å². The largest absolute Gasteiger partial charge is 0.297 e. The van der Waals surface area contributed by atoms with Gasteiger partial charge in [-0.05, 0) is 61.2 Å². The third-order valence-corrected chi connectivity index (χ3v) is 6.83. The van der Waals surface area contributed by atoms with E-state index in [0.717, 1.165) is 32.0 Å². The van der Waals surface area contributed by atoms with E-state index in [2.05, 4.69) is 53.4 Å². The second-order valence-electron chi connectivity index (χ2n) is 8.60. The maximum atomic E-state index is 14.2. The van der Waals surface area contributed by atoms with Crippen molar-refractivity contribution in [1.29, 1.82) is 0 Å². The monoisotopic (exact) mass is 416 g/mol. The highest BCUT2D eigenvalue weighted by atomic mass is 19.1. The topological polar surface area (TPSA) is 15.6 Å². The highest BCUT2D eigenvalue weighted by Gasteiger charge is 2.46. The molecule has 3 aromatic rings. The van der Waals surface area contributed by atoms with E-state index in [0.29, 0.717) is 5.92 Å². The number of hydrogen-bond donors (Lipinski definition) is 0. The van der Waals surface area contributed by atoms with Gasteiger partial charge in [0.05, 0.1) is 6.04 Å². The Balaban J connectivity index is 1.56. The third kappa shape index (κ3) is 4.05. The van der Waals surface area contributed by atoms with Crippen molar-refractivity contribution in [3.05, 3.63) is 107 Å². The maximum absolute atomic E-state index is 14.2. The average Bonchev–Trinajstić information content (AvgIpc) is 2.82. The number of nitrogens with zero attached hydrogens (tertiary/aromatic N) is 2. The molecule has 3 saturated heterocycles. The van der Waals surface area contributed by atoms with Crippen LogP contribution in [-0.2, 0) is 0 Å². The lowest BCUT2D eigenvalue weighted by Gasteiger charge is -2.52. The van der Waals surface area contributed by atoms with Crippen LogP contribution in [0.4, 0.5) is 8.78 Å². The predicted molar refractivity (Wildman–Crippen MR) is 121 cm³/mol. The third-order valence-electron chi connectivity index (χ3n) is 6.83. The zero-order valence-corrected chi connectivity index (χ0v) is 17.4. The quantitative estimate of drug-likeness (QED) is 0.489. The van der Waals surface area contributed by atoms with E-state index in [4.69, 9.17) is 4.99 Å². The van der Waals surface area contributed by atoms with Gasteiger partial charge in [-0.3, -0.25) is 9.89 Å². The fourth-order valence-corrected chi connectivity index (χ4v) is 5.36. The molecule has 3 fully saturated rings. The van der Waals surface area contributed by atoms with Crippen molar-refractivity contribution in [2.75, 3.05) is 13.1 Å². The molecule has 3 aromatic carbocycles. The molecule has 3 aliphatic heterocycles. The fourth-order valence-electron chi connectivity index (χ4n) is 5.36. The zero-order valence-electron chi connectivity index (χ0n) is 17.4. The fraction of sp³-hybridized carbons (Fsp3) is 0.296. The molecular weight excluding hydrogens is 390 g/mol. The number of piperidine rings is 3. The highest BCUT2D eigenvalue weighted by molar-refractivity contribution is 5.80. The van der Waals surface area contributed by atoms with E-state index in [-0.39, 0.29) is 23.6 Å². The van der Waals surface area contributed by atoms with E-state index in [1.807, 2.05) is 12.1 Å². The van der Waals surface area contributed by atoms with Crippen LogP contribution in [0.3, 0.4) is 0 Å². The molecule has 2 unspecified atom stereocenters. The molecule has 4 heteroatoms. The summed E-state index contributed by atoms with van der Waals surface area (Å²) < 4.78 is 27.9. The molecule has 0 radical (unpaired) electrons. The number of fused-ring (bicyclic) bond motifs is 3. The van der Waals surface area contributed by atoms with Crippen molar-refractivity contribution in [3.8, 4) is 0 Å². The van der Waals surface area contributed by atoms with Gasteiger partial charge in [-0.1, -0.05) is 60.7 Å². The minimum absolute atomic E-state index is 0.0376. The van der Waals surface area contributed by atoms with Crippen LogP contribution < -0.4 is 0 Å². The first-order valence-electron chi connectivity index (χ1n) is 11.0. The summed E-state index contributed by atoms with van der Waals surface area (Å²) in [5, 5.41) is 0. The van der Waals surface area contributed by atoms with Crippen molar-refractivity contribution < 1.29 is 8.78 Å². The Morgan fingerprint density at radius 2 is 1.45 bits per heavy atom. The molecule has 0 aliphatic carbocycles. The van der Waals surface area contributed by atoms with E-state index >= 15 is 0 Å². The minimum Gasteiger partial charge on any atom is -0.297 e. The first-order chi connectivity index (χ1) is 15.2. The van der Waals surface area contributed by atoms with Crippen molar-refractivity contribution in [2.24, 2.45) is 10.9 Å². The van der Waals surface area contributed by atoms with Crippen LogP contribution in [0.1, 0.15) is 35.4 Å². The molecule has 0 saturated carbocycles. The molecule has 2 atom stereocenters. The van der Waals surface area contributed by atoms with Crippen LogP contribution >= 0.6 is 0 Å². The lowest BCUT2D eigenvalue weighted by Crippen LogP contribution is -2.59. The Labute approximate surface area is 182 Å². The Morgan fingerprint density at radius 3 is 2.06 bits per heavy atom.